The van der Waals surface area contributed by atoms with E-state index in [9.17, 15) is 4.79 Å². The van der Waals surface area contributed by atoms with Gasteiger partial charge in [0.1, 0.15) is 0 Å². The quantitative estimate of drug-likeness (QED) is 0.677. The van der Waals surface area contributed by atoms with Gasteiger partial charge in [0.15, 0.2) is 0 Å². The summed E-state index contributed by atoms with van der Waals surface area (Å²) in [4.78, 5) is 12.0. The minimum atomic E-state index is -2.73. The zero-order valence-electron chi connectivity index (χ0n) is 13.2. The van der Waals surface area contributed by atoms with Crippen molar-refractivity contribution in [2.24, 2.45) is 0 Å². The zero-order chi connectivity index (χ0) is 15.1. The van der Waals surface area contributed by atoms with Crippen molar-refractivity contribution >= 4 is 0 Å². The molecule has 2 rings (SSSR count). The van der Waals surface area contributed by atoms with Gasteiger partial charge in [-0.25, -0.2) is 0 Å². The Kier molecular flexibility index (Phi) is 1.03. The van der Waals surface area contributed by atoms with Crippen molar-refractivity contribution in [1.82, 2.24) is 4.57 Å². The summed E-state index contributed by atoms with van der Waals surface area (Å²) in [5.74, 6) is 0. The Bertz CT molecular complexity index is 705. The predicted molar refractivity (Wildman–Crippen MR) is 56.8 cm³/mol. The van der Waals surface area contributed by atoms with Gasteiger partial charge in [0.05, 0.1) is 4.11 Å². The van der Waals surface area contributed by atoms with E-state index < -0.39 is 36.2 Å². The number of benzene rings is 1. The summed E-state index contributed by atoms with van der Waals surface area (Å²) in [7, 11) is 0. The van der Waals surface area contributed by atoms with Crippen LogP contribution in [0.3, 0.4) is 0 Å². The lowest BCUT2D eigenvalue weighted by Gasteiger charge is -2.05. The molecule has 0 spiro atoms. The normalized spacial score (nSPS) is 17.1. The van der Waals surface area contributed by atoms with Gasteiger partial charge in [-0.3, -0.25) is 9.36 Å². The van der Waals surface area contributed by atoms with E-state index in [-0.39, 0.29) is 0 Å². The van der Waals surface area contributed by atoms with Crippen LogP contribution in [0.25, 0.3) is 5.69 Å². The number of rotatable bonds is 1. The van der Waals surface area contributed by atoms with Crippen molar-refractivity contribution in [2.75, 3.05) is 0 Å². The second-order valence-electron chi connectivity index (χ2n) is 2.71. The van der Waals surface area contributed by atoms with Crippen LogP contribution in [0.15, 0.2) is 53.4 Å². The molecular weight excluding hydrogens is 174 g/mol. The Labute approximate surface area is 90.9 Å². The zero-order valence-corrected chi connectivity index (χ0v) is 7.24. The fourth-order valence-corrected chi connectivity index (χ4v) is 1.12. The molecule has 2 nitrogen and oxygen atoms in total. The summed E-state index contributed by atoms with van der Waals surface area (Å²) >= 11 is 0. The van der Waals surface area contributed by atoms with Crippen molar-refractivity contribution in [3.63, 3.8) is 0 Å². The lowest BCUT2D eigenvalue weighted by Crippen LogP contribution is -2.16. The first kappa shape index (κ1) is 4.13. The van der Waals surface area contributed by atoms with E-state index in [0.717, 1.165) is 4.57 Å². The van der Waals surface area contributed by atoms with Crippen molar-refractivity contribution in [3.05, 3.63) is 64.5 Å². The summed E-state index contributed by atoms with van der Waals surface area (Å²) in [6.45, 7) is -2.73. The van der Waals surface area contributed by atoms with Gasteiger partial charge in [-0.1, -0.05) is 24.2 Å². The van der Waals surface area contributed by atoms with Crippen LogP contribution in [0.4, 0.5) is 0 Å². The van der Waals surface area contributed by atoms with Crippen LogP contribution in [0.1, 0.15) is 13.8 Å². The minimum absolute atomic E-state index is 0.293. The monoisotopic (exact) mass is 191 g/mol. The number of nitrogens with zero attached hydrogens (tertiary/aromatic N) is 1. The van der Waals surface area contributed by atoms with Crippen LogP contribution in [0.2, 0.25) is 0 Å². The summed E-state index contributed by atoms with van der Waals surface area (Å²) in [5.41, 5.74) is -1.17. The number of pyridine rings is 1. The SMILES string of the molecule is [2H]c1c(C([2H])([2H])[2H])c([2H])n(-c2ccccc2)c(=O)c1[2H]. The molecule has 0 aliphatic carbocycles. The summed E-state index contributed by atoms with van der Waals surface area (Å²) < 4.78 is 46.1. The predicted octanol–water partition coefficient (Wildman–Crippen LogP) is 2.15. The lowest BCUT2D eigenvalue weighted by atomic mass is 10.3. The van der Waals surface area contributed by atoms with E-state index in [1.807, 2.05) is 0 Å². The van der Waals surface area contributed by atoms with E-state index in [1.165, 1.54) is 12.1 Å². The third-order valence-corrected chi connectivity index (χ3v) is 1.74. The molecular formula is C12H11NO. The van der Waals surface area contributed by atoms with Crippen LogP contribution >= 0.6 is 0 Å². The molecule has 2 aromatic rings. The number of aromatic nitrogens is 1. The molecule has 0 radical (unpaired) electrons. The van der Waals surface area contributed by atoms with Crippen LogP contribution in [0, 0.1) is 6.85 Å². The van der Waals surface area contributed by atoms with Crippen molar-refractivity contribution in [2.45, 2.75) is 6.85 Å². The fraction of sp³-hybridized carbons (Fsp3) is 0.0833. The van der Waals surface area contributed by atoms with Gasteiger partial charge in [0, 0.05) is 22.0 Å². The minimum Gasteiger partial charge on any atom is -0.284 e. The molecule has 1 aromatic carbocycles. The van der Waals surface area contributed by atoms with Crippen LogP contribution in [0.5, 0.6) is 0 Å². The van der Waals surface area contributed by atoms with E-state index >= 15 is 0 Å². The van der Waals surface area contributed by atoms with Gasteiger partial charge in [0.2, 0.25) is 0 Å². The number of hydrogen-bond acceptors (Lipinski definition) is 1. The average molecular weight is 191 g/mol. The second-order valence-corrected chi connectivity index (χ2v) is 2.71. The summed E-state index contributed by atoms with van der Waals surface area (Å²) in [5, 5.41) is 0. The van der Waals surface area contributed by atoms with E-state index in [0.29, 0.717) is 5.69 Å². The Morgan fingerprint density at radius 1 is 1.29 bits per heavy atom. The smallest absolute Gasteiger partial charge is 0.255 e. The van der Waals surface area contributed by atoms with Crippen LogP contribution < -0.4 is 5.56 Å². The molecule has 0 N–H and O–H groups in total. The lowest BCUT2D eigenvalue weighted by molar-refractivity contribution is 0.976. The molecule has 0 bridgehead atoms. The average Bonchev–Trinajstić information content (AvgIpc) is 2.36. The van der Waals surface area contributed by atoms with Gasteiger partial charge in [0.25, 0.3) is 5.56 Å². The third-order valence-electron chi connectivity index (χ3n) is 1.74. The molecule has 1 aromatic heterocycles. The molecule has 70 valence electrons. The molecule has 0 aliphatic rings. The van der Waals surface area contributed by atoms with Crippen LogP contribution in [-0.2, 0) is 0 Å². The molecule has 0 aliphatic heterocycles. The molecule has 0 atom stereocenters. The molecule has 0 saturated heterocycles. The maximum Gasteiger partial charge on any atom is 0.255 e. The molecule has 14 heavy (non-hydrogen) atoms. The summed E-state index contributed by atoms with van der Waals surface area (Å²) in [6.07, 6.45) is -0.581. The van der Waals surface area contributed by atoms with Crippen molar-refractivity contribution in [1.29, 1.82) is 0 Å². The molecule has 0 saturated carbocycles. The molecule has 0 unspecified atom stereocenters. The highest BCUT2D eigenvalue weighted by Gasteiger charge is 1.97. The summed E-state index contributed by atoms with van der Waals surface area (Å²) in [6, 6.07) is 6.60. The standard InChI is InChI=1S/C12H11NO/c1-10-7-8-12(14)13(9-10)11-5-3-2-4-6-11/h2-9H,1H3/i1D3,7D,8D,9D. The van der Waals surface area contributed by atoms with E-state index in [1.54, 1.807) is 18.2 Å². The van der Waals surface area contributed by atoms with Gasteiger partial charge >= 0.3 is 0 Å². The topological polar surface area (TPSA) is 22.0 Å². The van der Waals surface area contributed by atoms with Gasteiger partial charge in [-0.2, -0.15) is 0 Å². The molecule has 0 amide bonds. The van der Waals surface area contributed by atoms with Crippen molar-refractivity contribution in [3.8, 4) is 5.69 Å². The first-order valence-corrected chi connectivity index (χ1v) is 4.04. The Morgan fingerprint density at radius 2 is 2.07 bits per heavy atom. The van der Waals surface area contributed by atoms with Crippen LogP contribution in [-0.4, -0.2) is 4.57 Å². The first-order valence-electron chi connectivity index (χ1n) is 7.04. The highest BCUT2D eigenvalue weighted by molar-refractivity contribution is 5.32. The van der Waals surface area contributed by atoms with Crippen molar-refractivity contribution < 1.29 is 8.22 Å². The first-order chi connectivity index (χ1) is 9.25. The van der Waals surface area contributed by atoms with Gasteiger partial charge < -0.3 is 0 Å². The molecule has 1 heterocycles. The highest BCUT2D eigenvalue weighted by Crippen LogP contribution is 2.04. The number of para-hydroxylation sites is 1. The highest BCUT2D eigenvalue weighted by atomic mass is 16.1. The largest absolute Gasteiger partial charge is 0.284 e. The maximum absolute atomic E-state index is 12.0. The Hall–Kier alpha value is -1.83. The van der Waals surface area contributed by atoms with Gasteiger partial charge in [-0.15, -0.1) is 0 Å². The van der Waals surface area contributed by atoms with E-state index in [4.69, 9.17) is 8.22 Å². The molecule has 2 heteroatoms. The van der Waals surface area contributed by atoms with E-state index in [2.05, 4.69) is 0 Å². The fourth-order valence-electron chi connectivity index (χ4n) is 1.12. The Balaban J connectivity index is 2.91. The third kappa shape index (κ3) is 1.59. The Morgan fingerprint density at radius 3 is 2.79 bits per heavy atom. The second kappa shape index (κ2) is 3.50. The maximum atomic E-state index is 12.0. The number of hydrogen-bond donors (Lipinski definition) is 0. The molecule has 0 fully saturated rings. The van der Waals surface area contributed by atoms with Gasteiger partial charge in [-0.05, 0) is 24.5 Å².